The van der Waals surface area contributed by atoms with Crippen LogP contribution in [0.4, 0.5) is 0 Å². The first-order valence-corrected chi connectivity index (χ1v) is 5.79. The van der Waals surface area contributed by atoms with E-state index in [1.54, 1.807) is 18.4 Å². The van der Waals surface area contributed by atoms with Gasteiger partial charge in [-0.15, -0.1) is 11.3 Å². The Hall–Kier alpha value is -1.46. The Morgan fingerprint density at radius 3 is 2.94 bits per heavy atom. The van der Waals surface area contributed by atoms with Crippen LogP contribution in [0.3, 0.4) is 0 Å². The molecule has 4 nitrogen and oxygen atoms in total. The Kier molecular flexibility index (Phi) is 3.48. The molecule has 2 aromatic heterocycles. The van der Waals surface area contributed by atoms with Crippen LogP contribution < -0.4 is 10.1 Å². The van der Waals surface area contributed by atoms with Gasteiger partial charge < -0.3 is 10.1 Å². The summed E-state index contributed by atoms with van der Waals surface area (Å²) in [5.41, 5.74) is 0.914. The van der Waals surface area contributed by atoms with E-state index in [9.17, 15) is 0 Å². The molecule has 0 fully saturated rings. The number of ether oxygens (including phenoxy) is 1. The van der Waals surface area contributed by atoms with Crippen LogP contribution in [-0.2, 0) is 0 Å². The molecule has 1 unspecified atom stereocenters. The topological polar surface area (TPSA) is 47.0 Å². The minimum atomic E-state index is 0.0944. The Bertz CT molecular complexity index is 444. The highest BCUT2D eigenvalue weighted by molar-refractivity contribution is 7.10. The lowest BCUT2D eigenvalue weighted by Crippen LogP contribution is -2.17. The Balaban J connectivity index is 2.33. The first-order chi connectivity index (χ1) is 7.85. The van der Waals surface area contributed by atoms with Crippen LogP contribution in [0, 0.1) is 0 Å². The van der Waals surface area contributed by atoms with Crippen LogP contribution >= 0.6 is 11.3 Å². The SMILES string of the molecule is CNC(c1cc(OC)ncn1)c1cccs1. The van der Waals surface area contributed by atoms with Crippen molar-refractivity contribution in [3.05, 3.63) is 40.5 Å². The van der Waals surface area contributed by atoms with Crippen LogP contribution in [0.2, 0.25) is 0 Å². The van der Waals surface area contributed by atoms with E-state index in [0.29, 0.717) is 5.88 Å². The van der Waals surface area contributed by atoms with Gasteiger partial charge in [0.15, 0.2) is 0 Å². The van der Waals surface area contributed by atoms with E-state index in [0.717, 1.165) is 5.69 Å². The summed E-state index contributed by atoms with van der Waals surface area (Å²) >= 11 is 1.70. The quantitative estimate of drug-likeness (QED) is 0.878. The largest absolute Gasteiger partial charge is 0.481 e. The summed E-state index contributed by atoms with van der Waals surface area (Å²) in [6, 6.07) is 6.06. The third-order valence-corrected chi connectivity index (χ3v) is 3.22. The Labute approximate surface area is 98.3 Å². The highest BCUT2D eigenvalue weighted by Gasteiger charge is 2.15. The van der Waals surface area contributed by atoms with Crippen molar-refractivity contribution in [3.63, 3.8) is 0 Å². The van der Waals surface area contributed by atoms with Crippen LogP contribution in [0.15, 0.2) is 29.9 Å². The second-order valence-corrected chi connectivity index (χ2v) is 4.20. The summed E-state index contributed by atoms with van der Waals surface area (Å²) in [4.78, 5) is 9.49. The normalized spacial score (nSPS) is 12.4. The van der Waals surface area contributed by atoms with Gasteiger partial charge in [-0.25, -0.2) is 9.97 Å². The van der Waals surface area contributed by atoms with E-state index < -0.39 is 0 Å². The average Bonchev–Trinajstić information content (AvgIpc) is 2.84. The molecule has 5 heteroatoms. The van der Waals surface area contributed by atoms with Crippen molar-refractivity contribution < 1.29 is 4.74 Å². The molecule has 2 heterocycles. The van der Waals surface area contributed by atoms with Gasteiger partial charge in [-0.3, -0.25) is 0 Å². The van der Waals surface area contributed by atoms with Crippen molar-refractivity contribution in [2.75, 3.05) is 14.2 Å². The van der Waals surface area contributed by atoms with E-state index >= 15 is 0 Å². The van der Waals surface area contributed by atoms with Crippen molar-refractivity contribution in [2.45, 2.75) is 6.04 Å². The summed E-state index contributed by atoms with van der Waals surface area (Å²) in [7, 11) is 3.52. The van der Waals surface area contributed by atoms with Gasteiger partial charge in [0.25, 0.3) is 0 Å². The molecule has 0 spiro atoms. The molecular formula is C11H13N3OS. The zero-order valence-corrected chi connectivity index (χ0v) is 9.99. The van der Waals surface area contributed by atoms with Crippen LogP contribution in [0.1, 0.15) is 16.6 Å². The highest BCUT2D eigenvalue weighted by Crippen LogP contribution is 2.25. The van der Waals surface area contributed by atoms with Crippen molar-refractivity contribution in [1.29, 1.82) is 0 Å². The maximum Gasteiger partial charge on any atom is 0.216 e. The number of nitrogens with zero attached hydrogens (tertiary/aromatic N) is 2. The number of hydrogen-bond donors (Lipinski definition) is 1. The van der Waals surface area contributed by atoms with Crippen molar-refractivity contribution in [2.24, 2.45) is 0 Å². The van der Waals surface area contributed by atoms with Gasteiger partial charge in [0, 0.05) is 10.9 Å². The number of rotatable bonds is 4. The second-order valence-electron chi connectivity index (χ2n) is 3.22. The fourth-order valence-corrected chi connectivity index (χ4v) is 2.36. The Morgan fingerprint density at radius 1 is 1.44 bits per heavy atom. The molecule has 0 amide bonds. The zero-order valence-electron chi connectivity index (χ0n) is 9.18. The molecule has 0 aliphatic carbocycles. The molecule has 84 valence electrons. The summed E-state index contributed by atoms with van der Waals surface area (Å²) in [6.45, 7) is 0. The Morgan fingerprint density at radius 2 is 2.31 bits per heavy atom. The molecule has 0 bridgehead atoms. The third kappa shape index (κ3) is 2.20. The monoisotopic (exact) mass is 235 g/mol. The number of hydrogen-bond acceptors (Lipinski definition) is 5. The number of nitrogens with one attached hydrogen (secondary N) is 1. The second kappa shape index (κ2) is 5.05. The van der Waals surface area contributed by atoms with Crippen LogP contribution in [0.5, 0.6) is 5.88 Å². The molecule has 0 aliphatic heterocycles. The van der Waals surface area contributed by atoms with Crippen molar-refractivity contribution in [1.82, 2.24) is 15.3 Å². The van der Waals surface area contributed by atoms with Gasteiger partial charge in [0.05, 0.1) is 18.8 Å². The predicted molar refractivity (Wildman–Crippen MR) is 63.8 cm³/mol. The van der Waals surface area contributed by atoms with Gasteiger partial charge in [-0.2, -0.15) is 0 Å². The molecule has 2 rings (SSSR count). The number of aromatic nitrogens is 2. The standard InChI is InChI=1S/C11H13N3OS/c1-12-11(9-4-3-5-16-9)8-6-10(15-2)14-7-13-8/h3-7,11-12H,1-2H3. The van der Waals surface area contributed by atoms with E-state index in [1.807, 2.05) is 19.2 Å². The fraction of sp³-hybridized carbons (Fsp3) is 0.273. The lowest BCUT2D eigenvalue weighted by atomic mass is 10.1. The summed E-state index contributed by atoms with van der Waals surface area (Å²) < 4.78 is 5.09. The van der Waals surface area contributed by atoms with Gasteiger partial charge in [0.2, 0.25) is 5.88 Å². The van der Waals surface area contributed by atoms with Gasteiger partial charge in [-0.05, 0) is 18.5 Å². The fourth-order valence-electron chi connectivity index (χ4n) is 1.51. The maximum atomic E-state index is 5.09. The van der Waals surface area contributed by atoms with E-state index in [1.165, 1.54) is 11.2 Å². The third-order valence-electron chi connectivity index (χ3n) is 2.28. The number of methoxy groups -OCH3 is 1. The lowest BCUT2D eigenvalue weighted by molar-refractivity contribution is 0.395. The van der Waals surface area contributed by atoms with Gasteiger partial charge in [-0.1, -0.05) is 6.07 Å². The zero-order chi connectivity index (χ0) is 11.4. The molecule has 1 N–H and O–H groups in total. The molecule has 2 aromatic rings. The first-order valence-electron chi connectivity index (χ1n) is 4.91. The molecular weight excluding hydrogens is 222 g/mol. The molecule has 16 heavy (non-hydrogen) atoms. The minimum Gasteiger partial charge on any atom is -0.481 e. The van der Waals surface area contributed by atoms with Gasteiger partial charge >= 0.3 is 0 Å². The van der Waals surface area contributed by atoms with E-state index in [4.69, 9.17) is 4.74 Å². The predicted octanol–water partition coefficient (Wildman–Crippen LogP) is 1.86. The minimum absolute atomic E-state index is 0.0944. The van der Waals surface area contributed by atoms with E-state index in [2.05, 4.69) is 26.7 Å². The van der Waals surface area contributed by atoms with Gasteiger partial charge in [0.1, 0.15) is 6.33 Å². The smallest absolute Gasteiger partial charge is 0.216 e. The highest BCUT2D eigenvalue weighted by atomic mass is 32.1. The number of thiophene rings is 1. The molecule has 1 atom stereocenters. The molecule has 0 saturated carbocycles. The average molecular weight is 235 g/mol. The maximum absolute atomic E-state index is 5.09. The molecule has 0 aliphatic rings. The molecule has 0 saturated heterocycles. The van der Waals surface area contributed by atoms with Crippen LogP contribution in [0.25, 0.3) is 0 Å². The summed E-state index contributed by atoms with van der Waals surface area (Å²) in [6.07, 6.45) is 1.52. The van der Waals surface area contributed by atoms with Crippen LogP contribution in [-0.4, -0.2) is 24.1 Å². The molecule has 0 radical (unpaired) electrons. The summed E-state index contributed by atoms with van der Waals surface area (Å²) in [5, 5.41) is 5.29. The first kappa shape index (κ1) is 11.0. The summed E-state index contributed by atoms with van der Waals surface area (Å²) in [5.74, 6) is 0.585. The van der Waals surface area contributed by atoms with Crippen molar-refractivity contribution >= 4 is 11.3 Å². The molecule has 0 aromatic carbocycles. The van der Waals surface area contributed by atoms with Crippen molar-refractivity contribution in [3.8, 4) is 5.88 Å². The lowest BCUT2D eigenvalue weighted by Gasteiger charge is -2.13. The van der Waals surface area contributed by atoms with E-state index in [-0.39, 0.29) is 6.04 Å².